The zero-order valence-electron chi connectivity index (χ0n) is 13.3. The molecule has 1 unspecified atom stereocenters. The molecule has 0 aliphatic carbocycles. The monoisotopic (exact) mass is 436 g/mol. The van der Waals surface area contributed by atoms with Gasteiger partial charge in [0.15, 0.2) is 0 Å². The summed E-state index contributed by atoms with van der Waals surface area (Å²) in [7, 11) is 0. The van der Waals surface area contributed by atoms with E-state index in [9.17, 15) is 18.0 Å². The van der Waals surface area contributed by atoms with Crippen LogP contribution < -0.4 is 4.74 Å². The first kappa shape index (κ1) is 19.9. The molecule has 27 heavy (non-hydrogen) atoms. The minimum absolute atomic E-state index is 0.0203. The first-order valence-corrected chi connectivity index (χ1v) is 8.61. The zero-order valence-corrected chi connectivity index (χ0v) is 15.5. The van der Waals surface area contributed by atoms with E-state index in [2.05, 4.69) is 0 Å². The van der Waals surface area contributed by atoms with E-state index in [-0.39, 0.29) is 37.5 Å². The van der Waals surface area contributed by atoms with E-state index < -0.39 is 24.2 Å². The van der Waals surface area contributed by atoms with Crippen LogP contribution in [-0.2, 0) is 16.8 Å². The number of fused-ring (bicyclic) bond motifs is 1. The van der Waals surface area contributed by atoms with Crippen molar-refractivity contribution in [3.05, 3.63) is 69.2 Å². The molecule has 0 bridgehead atoms. The molecule has 1 aliphatic rings. The minimum atomic E-state index is -4.76. The lowest BCUT2D eigenvalue weighted by Gasteiger charge is -2.31. The van der Waals surface area contributed by atoms with Gasteiger partial charge in [0.2, 0.25) is 5.60 Å². The summed E-state index contributed by atoms with van der Waals surface area (Å²) in [6.45, 7) is 0. The molecule has 2 aromatic carbocycles. The van der Waals surface area contributed by atoms with Gasteiger partial charge in [0, 0.05) is 28.1 Å². The first-order valence-electron chi connectivity index (χ1n) is 7.47. The molecule has 3 nitrogen and oxygen atoms in total. The van der Waals surface area contributed by atoms with Crippen molar-refractivity contribution >= 4 is 45.8 Å². The lowest BCUT2D eigenvalue weighted by Crippen LogP contribution is -2.46. The summed E-state index contributed by atoms with van der Waals surface area (Å²) in [6, 6.07) is 7.72. The van der Waals surface area contributed by atoms with E-state index >= 15 is 0 Å². The molecule has 0 fully saturated rings. The summed E-state index contributed by atoms with van der Waals surface area (Å²) in [4.78, 5) is 10.7. The smallest absolute Gasteiger partial charge is 0.432 e. The second-order valence-electron chi connectivity index (χ2n) is 5.91. The minimum Gasteiger partial charge on any atom is -0.478 e. The highest BCUT2D eigenvalue weighted by Gasteiger charge is 2.61. The summed E-state index contributed by atoms with van der Waals surface area (Å²) in [5.41, 5.74) is -2.38. The van der Waals surface area contributed by atoms with Gasteiger partial charge >= 0.3 is 12.1 Å². The van der Waals surface area contributed by atoms with Crippen molar-refractivity contribution in [1.82, 2.24) is 0 Å². The molecule has 0 amide bonds. The van der Waals surface area contributed by atoms with Crippen LogP contribution in [0.3, 0.4) is 0 Å². The van der Waals surface area contributed by atoms with Crippen molar-refractivity contribution < 1.29 is 27.8 Å². The van der Waals surface area contributed by atoms with Gasteiger partial charge in [-0.3, -0.25) is 0 Å². The summed E-state index contributed by atoms with van der Waals surface area (Å²) in [6.07, 6.45) is -4.54. The Morgan fingerprint density at radius 1 is 1.15 bits per heavy atom. The number of benzene rings is 2. The van der Waals surface area contributed by atoms with Crippen LogP contribution in [0.1, 0.15) is 16.7 Å². The van der Waals surface area contributed by atoms with Gasteiger partial charge in [-0.05, 0) is 47.5 Å². The van der Waals surface area contributed by atoms with Crippen molar-refractivity contribution in [1.29, 1.82) is 0 Å². The van der Waals surface area contributed by atoms with Crippen LogP contribution in [0.4, 0.5) is 13.2 Å². The highest BCUT2D eigenvalue weighted by Crippen LogP contribution is 2.52. The molecule has 0 aromatic heterocycles. The normalized spacial score (nSPS) is 19.6. The Hall–Kier alpha value is -1.89. The molecule has 0 spiro atoms. The maximum Gasteiger partial charge on any atom is 0.432 e. The molecule has 0 saturated carbocycles. The van der Waals surface area contributed by atoms with Gasteiger partial charge in [-0.25, -0.2) is 4.79 Å². The highest BCUT2D eigenvalue weighted by molar-refractivity contribution is 6.50. The Labute approximate surface area is 166 Å². The Balaban J connectivity index is 2.10. The van der Waals surface area contributed by atoms with Gasteiger partial charge in [-0.1, -0.05) is 34.8 Å². The quantitative estimate of drug-likeness (QED) is 0.595. The van der Waals surface area contributed by atoms with Crippen LogP contribution in [0.5, 0.6) is 5.75 Å². The number of rotatable bonds is 3. The molecule has 9 heteroatoms. The summed E-state index contributed by atoms with van der Waals surface area (Å²) in [5.74, 6) is -1.25. The third-order valence-electron chi connectivity index (χ3n) is 4.10. The van der Waals surface area contributed by atoms with Crippen molar-refractivity contribution in [3.63, 3.8) is 0 Å². The van der Waals surface area contributed by atoms with Crippen LogP contribution in [0.15, 0.2) is 42.5 Å². The molecule has 1 heterocycles. The topological polar surface area (TPSA) is 46.5 Å². The standard InChI is InChI=1S/C18H10Cl3F3O3/c19-12-4-11(5-13(20)6-12)17(18(22,23)24)8-10-3-9(1-2-15(10)27-17)14(21)7-16(25)26/h1-7H,8H2,(H,25,26). The number of carboxylic acid groups (broad SMARTS) is 1. The number of ether oxygens (including phenoxy) is 1. The van der Waals surface area contributed by atoms with E-state index in [0.29, 0.717) is 0 Å². The Morgan fingerprint density at radius 3 is 2.33 bits per heavy atom. The molecule has 2 aromatic rings. The maximum atomic E-state index is 14.0. The molecule has 3 rings (SSSR count). The largest absolute Gasteiger partial charge is 0.478 e. The van der Waals surface area contributed by atoms with Gasteiger partial charge in [0.1, 0.15) is 5.75 Å². The molecule has 1 N–H and O–H groups in total. The number of hydrogen-bond acceptors (Lipinski definition) is 2. The Bertz CT molecular complexity index is 936. The fourth-order valence-corrected chi connectivity index (χ4v) is 3.66. The molecule has 0 saturated heterocycles. The van der Waals surface area contributed by atoms with Gasteiger partial charge in [-0.2, -0.15) is 13.2 Å². The molecule has 1 aliphatic heterocycles. The lowest BCUT2D eigenvalue weighted by atomic mass is 9.88. The van der Waals surface area contributed by atoms with E-state index in [0.717, 1.165) is 18.2 Å². The average Bonchev–Trinajstić information content (AvgIpc) is 2.93. The molecule has 1 atom stereocenters. The van der Waals surface area contributed by atoms with Crippen LogP contribution in [0.2, 0.25) is 10.0 Å². The van der Waals surface area contributed by atoms with Gasteiger partial charge in [0.25, 0.3) is 0 Å². The SMILES string of the molecule is O=C(O)C=C(Cl)c1ccc2c(c1)CC(c1cc(Cl)cc(Cl)c1)(C(F)(F)F)O2. The average molecular weight is 438 g/mol. The number of carboxylic acids is 1. The number of alkyl halides is 3. The zero-order chi connectivity index (χ0) is 20.0. The van der Waals surface area contributed by atoms with E-state index in [4.69, 9.17) is 44.6 Å². The number of aliphatic carboxylic acids is 1. The van der Waals surface area contributed by atoms with Crippen LogP contribution in [-0.4, -0.2) is 17.3 Å². The Kier molecular flexibility index (Phi) is 5.10. The lowest BCUT2D eigenvalue weighted by molar-refractivity contribution is -0.248. The number of hydrogen-bond donors (Lipinski definition) is 1. The number of halogens is 6. The molecule has 142 valence electrons. The summed E-state index contributed by atoms with van der Waals surface area (Å²) < 4.78 is 47.5. The predicted octanol–water partition coefficient (Wildman–Crippen LogP) is 6.05. The summed E-state index contributed by atoms with van der Waals surface area (Å²) >= 11 is 17.7. The van der Waals surface area contributed by atoms with Crippen LogP contribution >= 0.6 is 34.8 Å². The van der Waals surface area contributed by atoms with Crippen LogP contribution in [0.25, 0.3) is 5.03 Å². The third kappa shape index (κ3) is 3.74. The van der Waals surface area contributed by atoms with Crippen molar-refractivity contribution in [3.8, 4) is 5.75 Å². The molecule has 0 radical (unpaired) electrons. The fraction of sp³-hybridized carbons (Fsp3) is 0.167. The van der Waals surface area contributed by atoms with E-state index in [1.54, 1.807) is 0 Å². The van der Waals surface area contributed by atoms with Gasteiger partial charge in [0.05, 0.1) is 5.03 Å². The van der Waals surface area contributed by atoms with E-state index in [1.165, 1.54) is 24.3 Å². The third-order valence-corrected chi connectivity index (χ3v) is 4.86. The second-order valence-corrected chi connectivity index (χ2v) is 7.19. The fourth-order valence-electron chi connectivity index (χ4n) is 2.92. The van der Waals surface area contributed by atoms with Gasteiger partial charge in [-0.15, -0.1) is 0 Å². The highest BCUT2D eigenvalue weighted by atomic mass is 35.5. The van der Waals surface area contributed by atoms with Crippen molar-refractivity contribution in [2.45, 2.75) is 18.2 Å². The predicted molar refractivity (Wildman–Crippen MR) is 96.4 cm³/mol. The Morgan fingerprint density at radius 2 is 1.78 bits per heavy atom. The van der Waals surface area contributed by atoms with Crippen LogP contribution in [0, 0.1) is 0 Å². The molecular weight excluding hydrogens is 428 g/mol. The first-order chi connectivity index (χ1) is 12.5. The summed E-state index contributed by atoms with van der Waals surface area (Å²) in [5, 5.41) is 8.76. The second kappa shape index (κ2) is 6.93. The van der Waals surface area contributed by atoms with Crippen molar-refractivity contribution in [2.75, 3.05) is 0 Å². The van der Waals surface area contributed by atoms with Gasteiger partial charge < -0.3 is 9.84 Å². The van der Waals surface area contributed by atoms with Crippen molar-refractivity contribution in [2.24, 2.45) is 0 Å². The molecular formula is C18H10Cl3F3O3. The number of carbonyl (C=O) groups is 1. The van der Waals surface area contributed by atoms with E-state index in [1.807, 2.05) is 0 Å². The maximum absolute atomic E-state index is 14.0.